The van der Waals surface area contributed by atoms with Crippen molar-refractivity contribution in [3.63, 3.8) is 0 Å². The molecule has 1 aromatic heterocycles. The van der Waals surface area contributed by atoms with Crippen LogP contribution in [0.1, 0.15) is 20.8 Å². The van der Waals surface area contributed by atoms with Crippen LogP contribution in [0.5, 0.6) is 0 Å². The van der Waals surface area contributed by atoms with Crippen molar-refractivity contribution in [2.75, 3.05) is 17.7 Å². The number of thiophene rings is 1. The molecule has 0 aliphatic carbocycles. The predicted octanol–water partition coefficient (Wildman–Crippen LogP) is 4.72. The van der Waals surface area contributed by atoms with Gasteiger partial charge in [-0.1, -0.05) is 15.9 Å². The second-order valence-electron chi connectivity index (χ2n) is 4.63. The first-order valence-electron chi connectivity index (χ1n) is 6.43. The van der Waals surface area contributed by atoms with E-state index < -0.39 is 0 Å². The Morgan fingerprint density at radius 2 is 2.00 bits per heavy atom. The summed E-state index contributed by atoms with van der Waals surface area (Å²) in [5.74, 6) is -0.380. The molecule has 1 aromatic carbocycles. The summed E-state index contributed by atoms with van der Waals surface area (Å²) in [6.45, 7) is 3.93. The minimum atomic E-state index is -0.380. The molecule has 0 spiro atoms. The summed E-state index contributed by atoms with van der Waals surface area (Å²) < 4.78 is 5.82. The van der Waals surface area contributed by atoms with Crippen LogP contribution in [-0.2, 0) is 4.74 Å². The lowest BCUT2D eigenvalue weighted by Gasteiger charge is -2.11. The zero-order valence-corrected chi connectivity index (χ0v) is 15.5. The van der Waals surface area contributed by atoms with Crippen LogP contribution in [0, 0.1) is 13.8 Å². The highest BCUT2D eigenvalue weighted by molar-refractivity contribution is 9.10. The monoisotopic (exact) mass is 398 g/mol. The van der Waals surface area contributed by atoms with Crippen LogP contribution >= 0.6 is 39.5 Å². The average molecular weight is 399 g/mol. The molecular formula is C15H15BrN2O2S2. The van der Waals surface area contributed by atoms with Crippen LogP contribution in [-0.4, -0.2) is 18.2 Å². The maximum absolute atomic E-state index is 11.7. The van der Waals surface area contributed by atoms with Gasteiger partial charge >= 0.3 is 5.97 Å². The van der Waals surface area contributed by atoms with Gasteiger partial charge in [-0.15, -0.1) is 11.3 Å². The van der Waals surface area contributed by atoms with E-state index in [9.17, 15) is 4.79 Å². The van der Waals surface area contributed by atoms with Gasteiger partial charge in [-0.3, -0.25) is 0 Å². The summed E-state index contributed by atoms with van der Waals surface area (Å²) in [5, 5.41) is 7.26. The van der Waals surface area contributed by atoms with Crippen LogP contribution < -0.4 is 10.6 Å². The molecule has 116 valence electrons. The van der Waals surface area contributed by atoms with Crippen molar-refractivity contribution >= 4 is 61.3 Å². The number of ether oxygens (including phenoxy) is 1. The standard InChI is InChI=1S/C15H15BrN2O2S2/c1-8-6-10(4-5-12(8)16)17-15(21)18-13-11(14(19)20-3)7-9(2)22-13/h4-7H,1-3H3,(H2,17,18,21). The Bertz CT molecular complexity index is 728. The number of thiocarbonyl (C=S) groups is 1. The number of rotatable bonds is 3. The zero-order chi connectivity index (χ0) is 16.3. The third-order valence-electron chi connectivity index (χ3n) is 2.90. The van der Waals surface area contributed by atoms with E-state index in [2.05, 4.69) is 26.6 Å². The predicted molar refractivity (Wildman–Crippen MR) is 99.1 cm³/mol. The van der Waals surface area contributed by atoms with Crippen LogP contribution in [0.2, 0.25) is 0 Å². The maximum Gasteiger partial charge on any atom is 0.340 e. The van der Waals surface area contributed by atoms with Gasteiger partial charge in [-0.2, -0.15) is 0 Å². The average Bonchev–Trinajstić information content (AvgIpc) is 2.82. The molecule has 2 N–H and O–H groups in total. The number of esters is 1. The summed E-state index contributed by atoms with van der Waals surface area (Å²) in [5.41, 5.74) is 2.47. The van der Waals surface area contributed by atoms with E-state index in [0.29, 0.717) is 15.7 Å². The Hall–Kier alpha value is -1.44. The molecule has 22 heavy (non-hydrogen) atoms. The van der Waals surface area contributed by atoms with Crippen molar-refractivity contribution in [2.45, 2.75) is 13.8 Å². The Balaban J connectivity index is 2.12. The minimum Gasteiger partial charge on any atom is -0.465 e. The molecule has 0 aliphatic heterocycles. The molecule has 0 atom stereocenters. The van der Waals surface area contributed by atoms with E-state index in [1.807, 2.05) is 32.0 Å². The van der Waals surface area contributed by atoms with Crippen LogP contribution in [0.4, 0.5) is 10.7 Å². The topological polar surface area (TPSA) is 50.4 Å². The largest absolute Gasteiger partial charge is 0.465 e. The number of nitrogens with one attached hydrogen (secondary N) is 2. The van der Waals surface area contributed by atoms with Gasteiger partial charge in [-0.25, -0.2) is 4.79 Å². The van der Waals surface area contributed by atoms with Gasteiger partial charge < -0.3 is 15.4 Å². The molecule has 4 nitrogen and oxygen atoms in total. The highest BCUT2D eigenvalue weighted by atomic mass is 79.9. The van der Waals surface area contributed by atoms with E-state index in [1.54, 1.807) is 6.07 Å². The number of benzene rings is 1. The third kappa shape index (κ3) is 4.06. The van der Waals surface area contributed by atoms with E-state index in [0.717, 1.165) is 20.6 Å². The quantitative estimate of drug-likeness (QED) is 0.578. The van der Waals surface area contributed by atoms with E-state index in [1.165, 1.54) is 18.4 Å². The molecule has 0 saturated carbocycles. The van der Waals surface area contributed by atoms with Gasteiger partial charge in [0.25, 0.3) is 0 Å². The SMILES string of the molecule is COC(=O)c1cc(C)sc1NC(=S)Nc1ccc(Br)c(C)c1. The molecule has 0 amide bonds. The van der Waals surface area contributed by atoms with Crippen molar-refractivity contribution < 1.29 is 9.53 Å². The maximum atomic E-state index is 11.7. The van der Waals surface area contributed by atoms with Crippen molar-refractivity contribution in [3.8, 4) is 0 Å². The van der Waals surface area contributed by atoms with Gasteiger partial charge in [0.2, 0.25) is 0 Å². The number of methoxy groups -OCH3 is 1. The second-order valence-corrected chi connectivity index (χ2v) is 7.15. The molecule has 0 unspecified atom stereocenters. The fourth-order valence-corrected chi connectivity index (χ4v) is 3.29. The number of hydrogen-bond donors (Lipinski definition) is 2. The second kappa shape index (κ2) is 7.21. The van der Waals surface area contributed by atoms with E-state index in [-0.39, 0.29) is 5.97 Å². The first kappa shape index (κ1) is 16.9. The Labute approximate surface area is 147 Å². The van der Waals surface area contributed by atoms with Gasteiger partial charge in [0.05, 0.1) is 12.7 Å². The Morgan fingerprint density at radius 1 is 1.27 bits per heavy atom. The molecular weight excluding hydrogens is 384 g/mol. The molecule has 0 radical (unpaired) electrons. The fraction of sp³-hybridized carbons (Fsp3) is 0.200. The normalized spacial score (nSPS) is 10.2. The summed E-state index contributed by atoms with van der Waals surface area (Å²) in [4.78, 5) is 12.7. The molecule has 1 heterocycles. The van der Waals surface area contributed by atoms with Gasteiger partial charge in [0.15, 0.2) is 5.11 Å². The first-order chi connectivity index (χ1) is 10.4. The van der Waals surface area contributed by atoms with Gasteiger partial charge in [-0.05, 0) is 55.9 Å². The number of halogens is 1. The number of carbonyl (C=O) groups is 1. The molecule has 7 heteroatoms. The number of aryl methyl sites for hydroxylation is 2. The van der Waals surface area contributed by atoms with Crippen molar-refractivity contribution in [1.82, 2.24) is 0 Å². The molecule has 2 aromatic rings. The highest BCUT2D eigenvalue weighted by Crippen LogP contribution is 2.28. The summed E-state index contributed by atoms with van der Waals surface area (Å²) >= 11 is 10.2. The van der Waals surface area contributed by atoms with Crippen molar-refractivity contribution in [2.24, 2.45) is 0 Å². The van der Waals surface area contributed by atoms with E-state index >= 15 is 0 Å². The lowest BCUT2D eigenvalue weighted by atomic mass is 10.2. The highest BCUT2D eigenvalue weighted by Gasteiger charge is 2.16. The van der Waals surface area contributed by atoms with Crippen molar-refractivity contribution in [1.29, 1.82) is 0 Å². The number of hydrogen-bond acceptors (Lipinski definition) is 4. The molecule has 2 rings (SSSR count). The summed E-state index contributed by atoms with van der Waals surface area (Å²) in [7, 11) is 1.36. The van der Waals surface area contributed by atoms with Crippen LogP contribution in [0.25, 0.3) is 0 Å². The van der Waals surface area contributed by atoms with Crippen molar-refractivity contribution in [3.05, 3.63) is 44.7 Å². The smallest absolute Gasteiger partial charge is 0.340 e. The molecule has 0 fully saturated rings. The van der Waals surface area contributed by atoms with Crippen LogP contribution in [0.3, 0.4) is 0 Å². The minimum absolute atomic E-state index is 0.380. The summed E-state index contributed by atoms with van der Waals surface area (Å²) in [6, 6.07) is 7.64. The van der Waals surface area contributed by atoms with Gasteiger partial charge in [0.1, 0.15) is 5.00 Å². The third-order valence-corrected chi connectivity index (χ3v) is 4.96. The number of anilines is 2. The fourth-order valence-electron chi connectivity index (χ4n) is 1.86. The van der Waals surface area contributed by atoms with Gasteiger partial charge in [0, 0.05) is 15.0 Å². The molecule has 0 saturated heterocycles. The lowest BCUT2D eigenvalue weighted by molar-refractivity contribution is 0.0602. The summed E-state index contributed by atoms with van der Waals surface area (Å²) in [6.07, 6.45) is 0. The molecule has 0 bridgehead atoms. The Morgan fingerprint density at radius 3 is 2.64 bits per heavy atom. The zero-order valence-electron chi connectivity index (χ0n) is 12.3. The lowest BCUT2D eigenvalue weighted by Crippen LogP contribution is -2.20. The van der Waals surface area contributed by atoms with Crippen LogP contribution in [0.15, 0.2) is 28.7 Å². The van der Waals surface area contributed by atoms with E-state index in [4.69, 9.17) is 17.0 Å². The number of carbonyl (C=O) groups excluding carboxylic acids is 1. The Kier molecular flexibility index (Phi) is 5.55. The molecule has 0 aliphatic rings. The first-order valence-corrected chi connectivity index (χ1v) is 8.45.